The van der Waals surface area contributed by atoms with Gasteiger partial charge in [-0.1, -0.05) is 30.3 Å². The van der Waals surface area contributed by atoms with Gasteiger partial charge in [-0.25, -0.2) is 0 Å². The van der Waals surface area contributed by atoms with E-state index in [1.54, 1.807) is 0 Å². The average Bonchev–Trinajstić information content (AvgIpc) is 2.87. The van der Waals surface area contributed by atoms with Crippen molar-refractivity contribution in [2.24, 2.45) is 0 Å². The number of hydrogen-bond acceptors (Lipinski definition) is 4. The fraction of sp³-hybridized carbons (Fsp3) is 0.600. The van der Waals surface area contributed by atoms with E-state index in [1.165, 1.54) is 5.56 Å². The summed E-state index contributed by atoms with van der Waals surface area (Å²) in [5.41, 5.74) is 1.20. The average molecular weight is 263 g/mol. The number of fused-ring (bicyclic) bond motifs is 1. The van der Waals surface area contributed by atoms with Crippen LogP contribution in [0.15, 0.2) is 30.3 Å². The molecule has 0 spiro atoms. The summed E-state index contributed by atoms with van der Waals surface area (Å²) in [4.78, 5) is 0. The van der Waals surface area contributed by atoms with Crippen molar-refractivity contribution >= 4 is 0 Å². The maximum absolute atomic E-state index is 5.92. The molecule has 0 aromatic heterocycles. The third-order valence-electron chi connectivity index (χ3n) is 3.61. The fourth-order valence-corrected chi connectivity index (χ4v) is 2.78. The highest BCUT2D eigenvalue weighted by molar-refractivity contribution is 5.13. The highest BCUT2D eigenvalue weighted by atomic mass is 16.8. The van der Waals surface area contributed by atoms with Gasteiger partial charge in [-0.3, -0.25) is 0 Å². The SMILES string of the molecule is CC1(C)O[C@H]2[C@H](CN[C@@H]2COCc2ccccc2)O1. The summed E-state index contributed by atoms with van der Waals surface area (Å²) in [5.74, 6) is -0.463. The second-order valence-electron chi connectivity index (χ2n) is 5.65. The Morgan fingerprint density at radius 3 is 2.84 bits per heavy atom. The zero-order valence-electron chi connectivity index (χ0n) is 11.5. The fourth-order valence-electron chi connectivity index (χ4n) is 2.78. The van der Waals surface area contributed by atoms with Gasteiger partial charge in [-0.2, -0.15) is 0 Å². The van der Waals surface area contributed by atoms with Crippen LogP contribution in [0.25, 0.3) is 0 Å². The maximum atomic E-state index is 5.92. The predicted molar refractivity (Wildman–Crippen MR) is 71.7 cm³/mol. The quantitative estimate of drug-likeness (QED) is 0.897. The molecule has 104 valence electrons. The lowest BCUT2D eigenvalue weighted by molar-refractivity contribution is -0.154. The summed E-state index contributed by atoms with van der Waals surface area (Å²) in [6.07, 6.45) is 0.256. The van der Waals surface area contributed by atoms with Crippen LogP contribution in [-0.2, 0) is 20.8 Å². The number of benzene rings is 1. The van der Waals surface area contributed by atoms with Gasteiger partial charge in [0.15, 0.2) is 5.79 Å². The number of rotatable bonds is 4. The smallest absolute Gasteiger partial charge is 0.163 e. The van der Waals surface area contributed by atoms with Crippen LogP contribution < -0.4 is 5.32 Å². The Morgan fingerprint density at radius 1 is 1.26 bits per heavy atom. The van der Waals surface area contributed by atoms with Gasteiger partial charge in [0.05, 0.1) is 19.3 Å². The Bertz CT molecular complexity index is 421. The second-order valence-corrected chi connectivity index (χ2v) is 5.65. The van der Waals surface area contributed by atoms with Crippen molar-refractivity contribution in [3.63, 3.8) is 0 Å². The predicted octanol–water partition coefficient (Wildman–Crippen LogP) is 1.70. The molecule has 2 saturated heterocycles. The molecule has 0 unspecified atom stereocenters. The monoisotopic (exact) mass is 263 g/mol. The lowest BCUT2D eigenvalue weighted by atomic mass is 10.1. The summed E-state index contributed by atoms with van der Waals surface area (Å²) in [6.45, 7) is 6.06. The lowest BCUT2D eigenvalue weighted by Gasteiger charge is -2.22. The minimum atomic E-state index is -0.463. The van der Waals surface area contributed by atoms with E-state index < -0.39 is 5.79 Å². The first-order valence-electron chi connectivity index (χ1n) is 6.85. The third kappa shape index (κ3) is 2.98. The molecule has 3 atom stereocenters. The Hall–Kier alpha value is -0.940. The summed E-state index contributed by atoms with van der Waals surface area (Å²) in [7, 11) is 0. The van der Waals surface area contributed by atoms with Gasteiger partial charge >= 0.3 is 0 Å². The summed E-state index contributed by atoms with van der Waals surface area (Å²) in [6, 6.07) is 10.4. The number of nitrogens with one attached hydrogen (secondary N) is 1. The lowest BCUT2D eigenvalue weighted by Crippen LogP contribution is -2.38. The van der Waals surface area contributed by atoms with Crippen LogP contribution in [0, 0.1) is 0 Å². The van der Waals surface area contributed by atoms with Crippen LogP contribution in [-0.4, -0.2) is 37.2 Å². The van der Waals surface area contributed by atoms with Gasteiger partial charge in [-0.15, -0.1) is 0 Å². The van der Waals surface area contributed by atoms with E-state index in [9.17, 15) is 0 Å². The van der Waals surface area contributed by atoms with Crippen LogP contribution >= 0.6 is 0 Å². The number of hydrogen-bond donors (Lipinski definition) is 1. The van der Waals surface area contributed by atoms with E-state index >= 15 is 0 Å². The summed E-state index contributed by atoms with van der Waals surface area (Å²) < 4.78 is 17.5. The Morgan fingerprint density at radius 2 is 2.05 bits per heavy atom. The first-order chi connectivity index (χ1) is 9.14. The molecule has 4 nitrogen and oxygen atoms in total. The normalized spacial score (nSPS) is 32.4. The van der Waals surface area contributed by atoms with Crippen molar-refractivity contribution in [2.75, 3.05) is 13.2 Å². The molecule has 1 N–H and O–H groups in total. The van der Waals surface area contributed by atoms with Crippen LogP contribution in [0.3, 0.4) is 0 Å². The van der Waals surface area contributed by atoms with Gasteiger partial charge < -0.3 is 19.5 Å². The molecule has 3 rings (SSSR count). The van der Waals surface area contributed by atoms with Gasteiger partial charge in [0.2, 0.25) is 0 Å². The molecule has 19 heavy (non-hydrogen) atoms. The molecule has 1 aromatic rings. The zero-order valence-corrected chi connectivity index (χ0v) is 11.5. The molecule has 4 heteroatoms. The van der Waals surface area contributed by atoms with Crippen LogP contribution in [0.4, 0.5) is 0 Å². The molecule has 0 amide bonds. The van der Waals surface area contributed by atoms with E-state index in [0.717, 1.165) is 6.54 Å². The Labute approximate surface area is 114 Å². The van der Waals surface area contributed by atoms with Crippen molar-refractivity contribution in [3.05, 3.63) is 35.9 Å². The Kier molecular flexibility index (Phi) is 3.58. The van der Waals surface area contributed by atoms with E-state index in [0.29, 0.717) is 13.2 Å². The molecular weight excluding hydrogens is 242 g/mol. The minimum absolute atomic E-state index is 0.103. The van der Waals surface area contributed by atoms with Crippen molar-refractivity contribution in [1.29, 1.82) is 0 Å². The highest BCUT2D eigenvalue weighted by Crippen LogP contribution is 2.32. The summed E-state index contributed by atoms with van der Waals surface area (Å²) >= 11 is 0. The van der Waals surface area contributed by atoms with Gasteiger partial charge in [0.1, 0.15) is 12.2 Å². The molecule has 0 aliphatic carbocycles. The molecule has 0 saturated carbocycles. The third-order valence-corrected chi connectivity index (χ3v) is 3.61. The van der Waals surface area contributed by atoms with Crippen molar-refractivity contribution in [3.8, 4) is 0 Å². The van der Waals surface area contributed by atoms with E-state index in [2.05, 4.69) is 17.4 Å². The maximum Gasteiger partial charge on any atom is 0.163 e. The molecule has 2 aliphatic rings. The molecular formula is C15H21NO3. The first-order valence-corrected chi connectivity index (χ1v) is 6.85. The largest absolute Gasteiger partial charge is 0.375 e. The Balaban J connectivity index is 1.49. The summed E-state index contributed by atoms with van der Waals surface area (Å²) in [5, 5.41) is 3.41. The molecule has 0 radical (unpaired) electrons. The standard InChI is InChI=1S/C15H21NO3/c1-15(2)18-13-8-16-12(14(13)19-15)10-17-9-11-6-4-3-5-7-11/h3-7,12-14,16H,8-10H2,1-2H3/t12-,13+,14-/m1/s1. The van der Waals surface area contributed by atoms with E-state index in [-0.39, 0.29) is 18.2 Å². The van der Waals surface area contributed by atoms with Crippen LogP contribution in [0.2, 0.25) is 0 Å². The van der Waals surface area contributed by atoms with Gasteiger partial charge in [0, 0.05) is 6.54 Å². The first kappa shape index (κ1) is 13.1. The van der Waals surface area contributed by atoms with Crippen LogP contribution in [0.1, 0.15) is 19.4 Å². The van der Waals surface area contributed by atoms with Crippen LogP contribution in [0.5, 0.6) is 0 Å². The van der Waals surface area contributed by atoms with Crippen molar-refractivity contribution < 1.29 is 14.2 Å². The second kappa shape index (κ2) is 5.21. The minimum Gasteiger partial charge on any atom is -0.375 e. The van der Waals surface area contributed by atoms with Crippen molar-refractivity contribution in [2.45, 2.75) is 44.5 Å². The molecule has 2 fully saturated rings. The van der Waals surface area contributed by atoms with E-state index in [4.69, 9.17) is 14.2 Å². The molecule has 0 bridgehead atoms. The topological polar surface area (TPSA) is 39.7 Å². The molecule has 2 heterocycles. The van der Waals surface area contributed by atoms with E-state index in [1.807, 2.05) is 32.0 Å². The van der Waals surface area contributed by atoms with Gasteiger partial charge in [-0.05, 0) is 19.4 Å². The zero-order chi connectivity index (χ0) is 13.3. The van der Waals surface area contributed by atoms with Crippen molar-refractivity contribution in [1.82, 2.24) is 5.32 Å². The van der Waals surface area contributed by atoms with Gasteiger partial charge in [0.25, 0.3) is 0 Å². The molecule has 2 aliphatic heterocycles. The molecule has 1 aromatic carbocycles. The number of ether oxygens (including phenoxy) is 3. The highest BCUT2D eigenvalue weighted by Gasteiger charge is 2.48.